The number of nitrogens with one attached hydrogen (secondary N) is 1. The van der Waals surface area contributed by atoms with Gasteiger partial charge in [0.1, 0.15) is 0 Å². The van der Waals surface area contributed by atoms with Gasteiger partial charge in [0, 0.05) is 18.1 Å². The van der Waals surface area contributed by atoms with Crippen molar-refractivity contribution in [2.45, 2.75) is 38.6 Å². The Morgan fingerprint density at radius 1 is 1.21 bits per heavy atom. The average molecular weight is 422 g/mol. The van der Waals surface area contributed by atoms with E-state index in [2.05, 4.69) is 15.1 Å². The maximum absolute atomic E-state index is 12.6. The lowest BCUT2D eigenvalue weighted by atomic mass is 9.98. The minimum atomic E-state index is -0.148. The fourth-order valence-corrected chi connectivity index (χ4v) is 4.62. The average Bonchev–Trinajstić information content (AvgIpc) is 3.24. The van der Waals surface area contributed by atoms with Gasteiger partial charge in [0.25, 0.3) is 0 Å². The SMILES string of the molecule is CCOC(=O)[C@@H]1CCCN(CC(=O)NC[C@H](c2ccccc2Cl)N2CCCC2)C1. The van der Waals surface area contributed by atoms with Crippen LogP contribution in [0.1, 0.15) is 44.2 Å². The minimum Gasteiger partial charge on any atom is -0.466 e. The lowest BCUT2D eigenvalue weighted by Gasteiger charge is -2.32. The molecule has 1 amide bonds. The maximum atomic E-state index is 12.6. The Morgan fingerprint density at radius 2 is 1.97 bits per heavy atom. The Hall–Kier alpha value is -1.63. The molecule has 0 saturated carbocycles. The van der Waals surface area contributed by atoms with Gasteiger partial charge in [-0.2, -0.15) is 0 Å². The van der Waals surface area contributed by atoms with Gasteiger partial charge in [-0.15, -0.1) is 0 Å². The van der Waals surface area contributed by atoms with Gasteiger partial charge in [-0.3, -0.25) is 19.4 Å². The number of esters is 1. The van der Waals surface area contributed by atoms with Crippen LogP contribution in [0.3, 0.4) is 0 Å². The summed E-state index contributed by atoms with van der Waals surface area (Å²) in [5, 5.41) is 3.85. The second-order valence-corrected chi connectivity index (χ2v) is 8.32. The molecule has 2 aliphatic rings. The van der Waals surface area contributed by atoms with Crippen molar-refractivity contribution in [1.29, 1.82) is 0 Å². The summed E-state index contributed by atoms with van der Waals surface area (Å²) in [5.41, 5.74) is 1.07. The highest BCUT2D eigenvalue weighted by Crippen LogP contribution is 2.29. The largest absolute Gasteiger partial charge is 0.466 e. The van der Waals surface area contributed by atoms with Crippen LogP contribution in [-0.2, 0) is 14.3 Å². The molecule has 1 N–H and O–H groups in total. The van der Waals surface area contributed by atoms with E-state index in [1.807, 2.05) is 31.2 Å². The molecule has 6 nitrogen and oxygen atoms in total. The molecule has 0 aliphatic carbocycles. The van der Waals surface area contributed by atoms with Gasteiger partial charge in [-0.25, -0.2) is 0 Å². The molecular formula is C22H32ClN3O3. The van der Waals surface area contributed by atoms with Gasteiger partial charge in [0.2, 0.25) is 5.91 Å². The Labute approximate surface area is 178 Å². The van der Waals surface area contributed by atoms with E-state index in [4.69, 9.17) is 16.3 Å². The highest BCUT2D eigenvalue weighted by Gasteiger charge is 2.29. The molecule has 0 bridgehead atoms. The number of hydrogen-bond acceptors (Lipinski definition) is 5. The van der Waals surface area contributed by atoms with Crippen LogP contribution in [0.4, 0.5) is 0 Å². The Kier molecular flexibility index (Phi) is 8.33. The number of hydrogen-bond donors (Lipinski definition) is 1. The molecule has 0 radical (unpaired) electrons. The van der Waals surface area contributed by atoms with E-state index in [9.17, 15) is 9.59 Å². The van der Waals surface area contributed by atoms with E-state index in [0.29, 0.717) is 26.2 Å². The van der Waals surface area contributed by atoms with Crippen LogP contribution in [0.25, 0.3) is 0 Å². The first-order valence-electron chi connectivity index (χ1n) is 10.7. The number of carbonyl (C=O) groups excluding carboxylic acids is 2. The lowest BCUT2D eigenvalue weighted by Crippen LogP contribution is -2.46. The van der Waals surface area contributed by atoms with Gasteiger partial charge in [-0.05, 0) is 63.9 Å². The summed E-state index contributed by atoms with van der Waals surface area (Å²) in [4.78, 5) is 29.1. The zero-order valence-corrected chi connectivity index (χ0v) is 18.0. The number of piperidine rings is 1. The fourth-order valence-electron chi connectivity index (χ4n) is 4.36. The minimum absolute atomic E-state index is 0.00856. The van der Waals surface area contributed by atoms with Crippen molar-refractivity contribution in [1.82, 2.24) is 15.1 Å². The van der Waals surface area contributed by atoms with Crippen LogP contribution in [0, 0.1) is 5.92 Å². The second-order valence-electron chi connectivity index (χ2n) is 7.91. The molecule has 1 aromatic carbocycles. The van der Waals surface area contributed by atoms with Crippen molar-refractivity contribution in [3.8, 4) is 0 Å². The predicted molar refractivity (Wildman–Crippen MR) is 114 cm³/mol. The van der Waals surface area contributed by atoms with E-state index in [-0.39, 0.29) is 23.8 Å². The third kappa shape index (κ3) is 6.17. The number of nitrogens with zero attached hydrogens (tertiary/aromatic N) is 2. The van der Waals surface area contributed by atoms with Crippen molar-refractivity contribution >= 4 is 23.5 Å². The van der Waals surface area contributed by atoms with Gasteiger partial charge >= 0.3 is 5.97 Å². The fraction of sp³-hybridized carbons (Fsp3) is 0.636. The van der Waals surface area contributed by atoms with E-state index in [1.165, 1.54) is 12.8 Å². The molecule has 0 spiro atoms. The van der Waals surface area contributed by atoms with E-state index in [1.54, 1.807) is 0 Å². The predicted octanol–water partition coefficient (Wildman–Crippen LogP) is 2.87. The summed E-state index contributed by atoms with van der Waals surface area (Å²) in [6.07, 6.45) is 4.10. The van der Waals surface area contributed by atoms with Gasteiger partial charge < -0.3 is 10.1 Å². The maximum Gasteiger partial charge on any atom is 0.310 e. The van der Waals surface area contributed by atoms with Gasteiger partial charge in [0.15, 0.2) is 0 Å². The molecule has 29 heavy (non-hydrogen) atoms. The van der Waals surface area contributed by atoms with Gasteiger partial charge in [0.05, 0.1) is 25.1 Å². The molecular weight excluding hydrogens is 390 g/mol. The molecule has 0 aromatic heterocycles. The number of rotatable bonds is 8. The van der Waals surface area contributed by atoms with Crippen LogP contribution in [0.15, 0.2) is 24.3 Å². The summed E-state index contributed by atoms with van der Waals surface area (Å²) in [5.74, 6) is -0.284. The molecule has 2 aliphatic heterocycles. The molecule has 3 rings (SSSR count). The highest BCUT2D eigenvalue weighted by molar-refractivity contribution is 6.31. The van der Waals surface area contributed by atoms with Crippen LogP contribution < -0.4 is 5.32 Å². The molecule has 2 fully saturated rings. The molecule has 2 saturated heterocycles. The summed E-state index contributed by atoms with van der Waals surface area (Å²) >= 11 is 6.45. The topological polar surface area (TPSA) is 61.9 Å². The molecule has 0 unspecified atom stereocenters. The third-order valence-corrected chi connectivity index (χ3v) is 6.18. The molecule has 160 valence electrons. The van der Waals surface area contributed by atoms with Crippen LogP contribution in [0.5, 0.6) is 0 Å². The van der Waals surface area contributed by atoms with Crippen molar-refractivity contribution in [2.24, 2.45) is 5.92 Å². The second kappa shape index (κ2) is 11.0. The quantitative estimate of drug-likeness (QED) is 0.654. The Balaban J connectivity index is 1.55. The third-order valence-electron chi connectivity index (χ3n) is 5.83. The monoisotopic (exact) mass is 421 g/mol. The number of amides is 1. The number of likely N-dealkylation sites (tertiary alicyclic amines) is 2. The van der Waals surface area contributed by atoms with Crippen molar-refractivity contribution in [3.63, 3.8) is 0 Å². The first-order chi connectivity index (χ1) is 14.1. The summed E-state index contributed by atoms with van der Waals surface area (Å²) in [7, 11) is 0. The normalized spacial score (nSPS) is 21.7. The standard InChI is InChI=1S/C22H32ClN3O3/c1-2-29-22(28)17-8-7-11-25(15-17)16-21(27)24-14-20(26-12-5-6-13-26)18-9-3-4-10-19(18)23/h3-4,9-10,17,20H,2,5-8,11-16H2,1H3,(H,24,27)/t17-,20-/m1/s1. The molecule has 7 heteroatoms. The zero-order chi connectivity index (χ0) is 20.6. The Bertz CT molecular complexity index is 694. The first-order valence-corrected chi connectivity index (χ1v) is 11.1. The van der Waals surface area contributed by atoms with E-state index >= 15 is 0 Å². The Morgan fingerprint density at radius 3 is 2.69 bits per heavy atom. The molecule has 2 atom stereocenters. The number of ether oxygens (including phenoxy) is 1. The first kappa shape index (κ1) is 22.1. The van der Waals surface area contributed by atoms with Crippen molar-refractivity contribution < 1.29 is 14.3 Å². The number of carbonyl (C=O) groups is 2. The van der Waals surface area contributed by atoms with Crippen LogP contribution >= 0.6 is 11.6 Å². The molecule has 2 heterocycles. The van der Waals surface area contributed by atoms with Gasteiger partial charge in [-0.1, -0.05) is 29.8 Å². The lowest BCUT2D eigenvalue weighted by molar-refractivity contribution is -0.150. The number of halogens is 1. The zero-order valence-electron chi connectivity index (χ0n) is 17.2. The van der Waals surface area contributed by atoms with E-state index in [0.717, 1.165) is 43.1 Å². The summed E-state index contributed by atoms with van der Waals surface area (Å²) in [6.45, 7) is 6.55. The van der Waals surface area contributed by atoms with Crippen molar-refractivity contribution in [3.05, 3.63) is 34.9 Å². The van der Waals surface area contributed by atoms with Crippen molar-refractivity contribution in [2.75, 3.05) is 45.9 Å². The summed E-state index contributed by atoms with van der Waals surface area (Å²) < 4.78 is 5.15. The van der Waals surface area contributed by atoms with Crippen LogP contribution in [-0.4, -0.2) is 67.6 Å². The van der Waals surface area contributed by atoms with Crippen LogP contribution in [0.2, 0.25) is 5.02 Å². The molecule has 1 aromatic rings. The number of benzene rings is 1. The van der Waals surface area contributed by atoms with E-state index < -0.39 is 0 Å². The highest BCUT2D eigenvalue weighted by atomic mass is 35.5. The smallest absolute Gasteiger partial charge is 0.310 e. The summed E-state index contributed by atoms with van der Waals surface area (Å²) in [6, 6.07) is 7.97.